The molecular formula is C46H58N8O6S. The maximum atomic E-state index is 14.3. The van der Waals surface area contributed by atoms with E-state index in [1.54, 1.807) is 7.11 Å². The highest BCUT2D eigenvalue weighted by molar-refractivity contribution is 7.10. The molecule has 0 unspecified atom stereocenters. The minimum absolute atomic E-state index is 0.0467. The van der Waals surface area contributed by atoms with Crippen LogP contribution in [0.15, 0.2) is 29.8 Å². The van der Waals surface area contributed by atoms with Gasteiger partial charge in [-0.25, -0.2) is 10.4 Å². The highest BCUT2D eigenvalue weighted by atomic mass is 32.1. The molecule has 2 saturated carbocycles. The number of methoxy groups -OCH3 is 1. The van der Waals surface area contributed by atoms with Gasteiger partial charge in [0, 0.05) is 79.5 Å². The van der Waals surface area contributed by atoms with Crippen LogP contribution in [0.5, 0.6) is 5.75 Å². The molecular weight excluding hydrogens is 793 g/mol. The van der Waals surface area contributed by atoms with E-state index in [0.29, 0.717) is 50.8 Å². The predicted molar refractivity (Wildman–Crippen MR) is 233 cm³/mol. The summed E-state index contributed by atoms with van der Waals surface area (Å²) in [6.07, 6.45) is 6.99. The van der Waals surface area contributed by atoms with Crippen molar-refractivity contribution >= 4 is 45.7 Å². The van der Waals surface area contributed by atoms with Gasteiger partial charge in [0.05, 0.1) is 58.7 Å². The number of fused-ring (bicyclic) bond motifs is 6. The monoisotopic (exact) mass is 850 g/mol. The molecule has 1 aromatic carbocycles. The van der Waals surface area contributed by atoms with E-state index in [-0.39, 0.29) is 42.8 Å². The molecule has 6 aliphatic rings. The lowest BCUT2D eigenvalue weighted by Crippen LogP contribution is -2.60. The second-order valence-electron chi connectivity index (χ2n) is 19.0. The van der Waals surface area contributed by atoms with Crippen molar-refractivity contribution in [2.24, 2.45) is 23.2 Å². The Morgan fingerprint density at radius 2 is 1.89 bits per heavy atom. The molecule has 2 aliphatic carbocycles. The van der Waals surface area contributed by atoms with Crippen LogP contribution in [-0.4, -0.2) is 114 Å². The Labute approximate surface area is 361 Å². The molecule has 4 aliphatic heterocycles. The average Bonchev–Trinajstić information content (AvgIpc) is 4.19. The van der Waals surface area contributed by atoms with Gasteiger partial charge in [-0.3, -0.25) is 24.4 Å². The first-order valence-electron chi connectivity index (χ1n) is 22.2. The van der Waals surface area contributed by atoms with E-state index in [0.717, 1.165) is 93.7 Å². The molecule has 0 spiro atoms. The SMILES string of the molecule is CO[C@@H](C)c1ncc(N2CCN(C)CC2)cc1-c1c2c3cc(cc4c3n1CCO4)-c1csc(n1)C[C@H](NC(=O)[C@@H]1C[C@H]1C1CC1)C(=O)N1CCC[C@H](N1)C(=O)OCC(C)(C)C2. The number of piperazine rings is 1. The van der Waals surface area contributed by atoms with Crippen LogP contribution < -0.4 is 20.4 Å². The van der Waals surface area contributed by atoms with E-state index in [2.05, 4.69) is 64.2 Å². The fourth-order valence-electron chi connectivity index (χ4n) is 10.0. The number of benzene rings is 1. The van der Waals surface area contributed by atoms with Crippen LogP contribution in [-0.2, 0) is 43.2 Å². The summed E-state index contributed by atoms with van der Waals surface area (Å²) in [4.78, 5) is 56.9. The largest absolute Gasteiger partial charge is 0.489 e. The summed E-state index contributed by atoms with van der Waals surface area (Å²) >= 11 is 1.49. The molecule has 4 fully saturated rings. The number of carbonyl (C=O) groups is 3. The van der Waals surface area contributed by atoms with Crippen molar-refractivity contribution in [2.45, 2.75) is 90.4 Å². The van der Waals surface area contributed by atoms with Gasteiger partial charge in [-0.2, -0.15) is 0 Å². The number of esters is 1. The Morgan fingerprint density at radius 1 is 1.07 bits per heavy atom. The number of likely N-dealkylation sites (N-methyl/N-ethyl adjacent to an activating group) is 1. The lowest BCUT2D eigenvalue weighted by Gasteiger charge is -2.35. The number of pyridine rings is 1. The van der Waals surface area contributed by atoms with Crippen LogP contribution >= 0.6 is 11.3 Å². The van der Waals surface area contributed by atoms with Crippen LogP contribution in [0.3, 0.4) is 0 Å². The average molecular weight is 851 g/mol. The van der Waals surface area contributed by atoms with Crippen molar-refractivity contribution in [2.75, 3.05) is 65.0 Å². The summed E-state index contributed by atoms with van der Waals surface area (Å²) in [5.74, 6) is 1.08. The number of rotatable bonds is 7. The second-order valence-corrected chi connectivity index (χ2v) is 19.9. The lowest BCUT2D eigenvalue weighted by atomic mass is 9.84. The molecule has 5 atom stereocenters. The third kappa shape index (κ3) is 7.91. The van der Waals surface area contributed by atoms with Crippen molar-refractivity contribution in [1.29, 1.82) is 0 Å². The Hall–Kier alpha value is -4.57. The molecule has 324 valence electrons. The van der Waals surface area contributed by atoms with E-state index in [9.17, 15) is 14.4 Å². The number of hydrogen-bond donors (Lipinski definition) is 2. The fourth-order valence-corrected chi connectivity index (χ4v) is 10.9. The number of hydrogen-bond acceptors (Lipinski definition) is 12. The van der Waals surface area contributed by atoms with Crippen molar-refractivity contribution in [3.8, 4) is 28.3 Å². The maximum Gasteiger partial charge on any atom is 0.324 e. The Morgan fingerprint density at radius 3 is 2.67 bits per heavy atom. The summed E-state index contributed by atoms with van der Waals surface area (Å²) in [6.45, 7) is 11.9. The summed E-state index contributed by atoms with van der Waals surface area (Å²) in [7, 11) is 3.89. The molecule has 2 amide bonds. The molecule has 2 saturated heterocycles. The molecule has 6 bridgehead atoms. The predicted octanol–water partition coefficient (Wildman–Crippen LogP) is 5.37. The Balaban J connectivity index is 1.09. The van der Waals surface area contributed by atoms with Gasteiger partial charge in [-0.1, -0.05) is 13.8 Å². The third-order valence-corrected chi connectivity index (χ3v) is 14.7. The van der Waals surface area contributed by atoms with E-state index in [4.69, 9.17) is 24.2 Å². The number of ether oxygens (including phenoxy) is 3. The number of nitrogens with one attached hydrogen (secondary N) is 2. The normalized spacial score (nSPS) is 26.0. The highest BCUT2D eigenvalue weighted by Crippen LogP contribution is 2.54. The van der Waals surface area contributed by atoms with E-state index in [1.807, 2.05) is 18.5 Å². The zero-order valence-corrected chi connectivity index (χ0v) is 36.8. The molecule has 2 N–H and O–H groups in total. The van der Waals surface area contributed by atoms with E-state index >= 15 is 0 Å². The molecule has 4 aromatic rings. The number of cyclic esters (lactones) is 1. The molecule has 61 heavy (non-hydrogen) atoms. The summed E-state index contributed by atoms with van der Waals surface area (Å²) in [5, 5.41) is 8.50. The van der Waals surface area contributed by atoms with E-state index < -0.39 is 17.5 Å². The minimum atomic E-state index is -0.832. The maximum absolute atomic E-state index is 14.3. The Kier molecular flexibility index (Phi) is 10.6. The smallest absolute Gasteiger partial charge is 0.324 e. The van der Waals surface area contributed by atoms with Crippen LogP contribution in [0.4, 0.5) is 5.69 Å². The molecule has 0 radical (unpaired) electrons. The quantitative estimate of drug-likeness (QED) is 0.232. The van der Waals surface area contributed by atoms with Gasteiger partial charge in [-0.15, -0.1) is 11.3 Å². The van der Waals surface area contributed by atoms with Crippen molar-refractivity contribution in [3.63, 3.8) is 0 Å². The molecule has 15 heteroatoms. The standard InChI is InChI=1S/C46H58N8O6S/c1-26(58-5)40-33(19-29(23-47-40)52-13-11-51(4)12-14-52)41-34-22-46(2,3)25-60-45(57)35-7-6-10-54(50-35)44(56)36(49-43(55)32-20-30(32)27-8-9-27)21-39-48-37(24-61-39)28-17-31(34)42-38(18-28)59-16-15-53(41)42/h17-19,23-24,26-27,30,32,35-36,50H,6-16,20-22,25H2,1-5H3,(H,49,55)/t26-,30-,32+,35-,36-/m0/s1. The number of thiazole rings is 1. The van der Waals surface area contributed by atoms with Crippen LogP contribution in [0.1, 0.15) is 75.2 Å². The van der Waals surface area contributed by atoms with Gasteiger partial charge in [0.25, 0.3) is 5.91 Å². The highest BCUT2D eigenvalue weighted by Gasteiger charge is 2.52. The second kappa shape index (κ2) is 16.0. The topological polar surface area (TPSA) is 143 Å². The number of aromatic nitrogens is 3. The summed E-state index contributed by atoms with van der Waals surface area (Å²) in [5.41, 5.74) is 10.6. The molecule has 10 rings (SSSR count). The first kappa shape index (κ1) is 40.5. The van der Waals surface area contributed by atoms with Gasteiger partial charge < -0.3 is 33.9 Å². The molecule has 14 nitrogen and oxygen atoms in total. The zero-order chi connectivity index (χ0) is 42.2. The van der Waals surface area contributed by atoms with Crippen LogP contribution in [0, 0.1) is 23.2 Å². The zero-order valence-electron chi connectivity index (χ0n) is 36.0. The van der Waals surface area contributed by atoms with E-state index in [1.165, 1.54) is 29.2 Å². The lowest BCUT2D eigenvalue weighted by molar-refractivity contribution is -0.155. The van der Waals surface area contributed by atoms with Gasteiger partial charge in [0.2, 0.25) is 5.91 Å². The number of nitrogens with zero attached hydrogens (tertiary/aromatic N) is 6. The molecule has 3 aromatic heterocycles. The number of hydrazine groups is 1. The Bertz CT molecular complexity index is 2360. The third-order valence-electron chi connectivity index (χ3n) is 13.8. The minimum Gasteiger partial charge on any atom is -0.489 e. The summed E-state index contributed by atoms with van der Waals surface area (Å²) in [6, 6.07) is 5.08. The number of amides is 2. The number of anilines is 1. The number of carbonyl (C=O) groups excluding carboxylic acids is 3. The van der Waals surface area contributed by atoms with Gasteiger partial charge >= 0.3 is 5.97 Å². The van der Waals surface area contributed by atoms with Crippen LogP contribution in [0.25, 0.3) is 33.4 Å². The van der Waals surface area contributed by atoms with Gasteiger partial charge in [0.1, 0.15) is 24.4 Å². The first-order chi connectivity index (χ1) is 29.4. The summed E-state index contributed by atoms with van der Waals surface area (Å²) < 4.78 is 21.0. The van der Waals surface area contributed by atoms with Gasteiger partial charge in [0.15, 0.2) is 0 Å². The van der Waals surface area contributed by atoms with Crippen molar-refractivity contribution in [3.05, 3.63) is 46.0 Å². The van der Waals surface area contributed by atoms with Crippen molar-refractivity contribution in [1.82, 2.24) is 35.2 Å². The van der Waals surface area contributed by atoms with Crippen LogP contribution in [0.2, 0.25) is 0 Å². The van der Waals surface area contributed by atoms with Gasteiger partial charge in [-0.05, 0) is 88.1 Å². The fraction of sp³-hybridized carbons (Fsp3) is 0.587. The first-order valence-corrected chi connectivity index (χ1v) is 23.1. The van der Waals surface area contributed by atoms with Crippen molar-refractivity contribution < 1.29 is 28.6 Å². The molecule has 7 heterocycles.